The first kappa shape index (κ1) is 25.8. The predicted molar refractivity (Wildman–Crippen MR) is 124 cm³/mol. The van der Waals surface area contributed by atoms with Gasteiger partial charge in [-0.2, -0.15) is 0 Å². The Kier molecular flexibility index (Phi) is 10.1. The Labute approximate surface area is 191 Å². The monoisotopic (exact) mass is 444 g/mol. The van der Waals surface area contributed by atoms with Crippen LogP contribution in [0.15, 0.2) is 60.3 Å². The molecule has 1 heterocycles. The number of esters is 1. The normalized spacial score (nSPS) is 30.4. The van der Waals surface area contributed by atoms with Crippen molar-refractivity contribution >= 4 is 11.9 Å². The predicted octanol–water partition coefficient (Wildman–Crippen LogP) is 4.78. The number of hydrogen-bond acceptors (Lipinski definition) is 5. The van der Waals surface area contributed by atoms with Crippen LogP contribution in [0.5, 0.6) is 0 Å². The second-order valence-electron chi connectivity index (χ2n) is 8.81. The van der Waals surface area contributed by atoms with E-state index in [0.29, 0.717) is 5.92 Å². The summed E-state index contributed by atoms with van der Waals surface area (Å²) in [4.78, 5) is 22.7. The highest BCUT2D eigenvalue weighted by Crippen LogP contribution is 2.48. The summed E-state index contributed by atoms with van der Waals surface area (Å²) in [5.74, 6) is -0.786. The molecule has 6 nitrogen and oxygen atoms in total. The molecule has 32 heavy (non-hydrogen) atoms. The van der Waals surface area contributed by atoms with Gasteiger partial charge in [-0.25, -0.2) is 9.59 Å². The number of hydrogen-bond donors (Lipinski definition) is 1. The van der Waals surface area contributed by atoms with Crippen LogP contribution < -0.4 is 0 Å². The van der Waals surface area contributed by atoms with E-state index in [9.17, 15) is 9.59 Å². The van der Waals surface area contributed by atoms with Gasteiger partial charge in [0.1, 0.15) is 6.10 Å². The van der Waals surface area contributed by atoms with Crippen LogP contribution in [-0.2, 0) is 23.8 Å². The molecule has 0 amide bonds. The van der Waals surface area contributed by atoms with E-state index < -0.39 is 11.9 Å². The van der Waals surface area contributed by atoms with Gasteiger partial charge in [0.25, 0.3) is 0 Å². The van der Waals surface area contributed by atoms with E-state index in [-0.39, 0.29) is 23.7 Å². The smallest absolute Gasteiger partial charge is 0.331 e. The molecule has 1 N–H and O–H groups in total. The Balaban J connectivity index is 1.95. The van der Waals surface area contributed by atoms with Crippen molar-refractivity contribution in [2.75, 3.05) is 13.7 Å². The molecule has 2 unspecified atom stereocenters. The molecule has 0 bridgehead atoms. The van der Waals surface area contributed by atoms with E-state index in [1.165, 1.54) is 17.7 Å². The Hall–Kier alpha value is -2.44. The van der Waals surface area contributed by atoms with Gasteiger partial charge in [0, 0.05) is 25.2 Å². The third-order valence-corrected chi connectivity index (χ3v) is 6.14. The standard InChI is InChI=1S/C26H36O6/c1-19(2)12-11-17-26(3)24-20(18-31-26)15-16-21(25(24)30-4)32-23(29)14-10-8-6-5-7-9-13-22(27)28/h5-10,12-14,20-21,24-25H,11,15-18H2,1-4H3,(H,27,28)/b7-5+,8-6+,13-9+,14-10+/t20?,21-,24?,25-,26-/m1/s1. The minimum Gasteiger partial charge on any atom is -0.478 e. The van der Waals surface area contributed by atoms with Crippen LogP contribution in [0.4, 0.5) is 0 Å². The van der Waals surface area contributed by atoms with Crippen LogP contribution in [0, 0.1) is 11.8 Å². The summed E-state index contributed by atoms with van der Waals surface area (Å²) in [6.45, 7) is 7.10. The molecule has 6 heteroatoms. The lowest BCUT2D eigenvalue weighted by molar-refractivity contribution is -0.166. The largest absolute Gasteiger partial charge is 0.478 e. The molecule has 1 aliphatic carbocycles. The molecular formula is C26H36O6. The quantitative estimate of drug-likeness (QED) is 0.226. The number of ether oxygens (including phenoxy) is 3. The fourth-order valence-corrected chi connectivity index (χ4v) is 4.68. The Morgan fingerprint density at radius 3 is 2.34 bits per heavy atom. The van der Waals surface area contributed by atoms with Crippen LogP contribution in [0.1, 0.15) is 46.5 Å². The van der Waals surface area contributed by atoms with Crippen molar-refractivity contribution in [3.8, 4) is 0 Å². The number of carbonyl (C=O) groups excluding carboxylic acids is 1. The van der Waals surface area contributed by atoms with Crippen molar-refractivity contribution in [1.82, 2.24) is 0 Å². The number of allylic oxidation sites excluding steroid dienone is 8. The Morgan fingerprint density at radius 2 is 1.72 bits per heavy atom. The zero-order chi connectivity index (χ0) is 23.6. The summed E-state index contributed by atoms with van der Waals surface area (Å²) >= 11 is 0. The van der Waals surface area contributed by atoms with Gasteiger partial charge in [0.05, 0.1) is 18.3 Å². The topological polar surface area (TPSA) is 82.1 Å². The van der Waals surface area contributed by atoms with Gasteiger partial charge in [-0.15, -0.1) is 0 Å². The number of aliphatic carboxylic acids is 1. The third kappa shape index (κ3) is 7.61. The van der Waals surface area contributed by atoms with Gasteiger partial charge in [0.2, 0.25) is 0 Å². The fourth-order valence-electron chi connectivity index (χ4n) is 4.68. The van der Waals surface area contributed by atoms with E-state index in [1.807, 2.05) is 0 Å². The molecule has 2 fully saturated rings. The first-order valence-corrected chi connectivity index (χ1v) is 11.2. The van der Waals surface area contributed by atoms with Crippen molar-refractivity contribution in [2.24, 2.45) is 11.8 Å². The number of carboxylic acids is 1. The summed E-state index contributed by atoms with van der Waals surface area (Å²) in [7, 11) is 1.69. The molecule has 1 saturated heterocycles. The van der Waals surface area contributed by atoms with Crippen molar-refractivity contribution in [3.63, 3.8) is 0 Å². The maximum atomic E-state index is 12.4. The SMILES string of the molecule is CO[C@H]1C2C(CC[C@H]1OC(=O)/C=C/C=C/C=C/C=C/C(=O)O)CO[C@]2(C)CCC=C(C)C. The highest BCUT2D eigenvalue weighted by molar-refractivity contribution is 5.82. The minimum absolute atomic E-state index is 0.190. The lowest BCUT2D eigenvalue weighted by Gasteiger charge is -2.43. The first-order valence-electron chi connectivity index (χ1n) is 11.2. The van der Waals surface area contributed by atoms with Gasteiger partial charge >= 0.3 is 11.9 Å². The summed E-state index contributed by atoms with van der Waals surface area (Å²) in [5, 5.41) is 8.50. The Bertz CT molecular complexity index is 786. The average Bonchev–Trinajstić information content (AvgIpc) is 3.06. The number of carbonyl (C=O) groups is 2. The van der Waals surface area contributed by atoms with Crippen molar-refractivity contribution < 1.29 is 28.9 Å². The molecule has 2 aliphatic rings. The van der Waals surface area contributed by atoms with Crippen LogP contribution in [0.2, 0.25) is 0 Å². The molecule has 0 radical (unpaired) electrons. The molecule has 0 aromatic rings. The van der Waals surface area contributed by atoms with E-state index >= 15 is 0 Å². The number of fused-ring (bicyclic) bond motifs is 1. The van der Waals surface area contributed by atoms with Crippen molar-refractivity contribution in [3.05, 3.63) is 60.3 Å². The molecule has 1 saturated carbocycles. The van der Waals surface area contributed by atoms with Crippen LogP contribution >= 0.6 is 0 Å². The highest BCUT2D eigenvalue weighted by atomic mass is 16.6. The molecule has 0 aromatic carbocycles. The lowest BCUT2D eigenvalue weighted by Crippen LogP contribution is -2.51. The summed E-state index contributed by atoms with van der Waals surface area (Å²) < 4.78 is 17.9. The summed E-state index contributed by atoms with van der Waals surface area (Å²) in [5.41, 5.74) is 1.01. The molecule has 1 aliphatic heterocycles. The van der Waals surface area contributed by atoms with Crippen molar-refractivity contribution in [2.45, 2.75) is 64.3 Å². The van der Waals surface area contributed by atoms with Crippen LogP contribution in [0.25, 0.3) is 0 Å². The van der Waals surface area contributed by atoms with E-state index in [0.717, 1.165) is 38.4 Å². The van der Waals surface area contributed by atoms with E-state index in [1.54, 1.807) is 37.5 Å². The molecule has 0 aromatic heterocycles. The second-order valence-corrected chi connectivity index (χ2v) is 8.81. The van der Waals surface area contributed by atoms with E-state index in [2.05, 4.69) is 26.8 Å². The fraction of sp³-hybridized carbons (Fsp3) is 0.538. The van der Waals surface area contributed by atoms with Crippen LogP contribution in [-0.4, -0.2) is 48.6 Å². The highest BCUT2D eigenvalue weighted by Gasteiger charge is 2.54. The molecule has 0 spiro atoms. The maximum absolute atomic E-state index is 12.4. The zero-order valence-corrected chi connectivity index (χ0v) is 19.5. The number of rotatable bonds is 10. The third-order valence-electron chi connectivity index (χ3n) is 6.14. The van der Waals surface area contributed by atoms with Gasteiger partial charge in [-0.1, -0.05) is 48.1 Å². The maximum Gasteiger partial charge on any atom is 0.331 e. The molecule has 176 valence electrons. The lowest BCUT2D eigenvalue weighted by atomic mass is 9.69. The second kappa shape index (κ2) is 12.6. The number of carboxylic acid groups (broad SMARTS) is 1. The van der Waals surface area contributed by atoms with Crippen LogP contribution in [0.3, 0.4) is 0 Å². The molecule has 5 atom stereocenters. The first-order chi connectivity index (χ1) is 15.3. The van der Waals surface area contributed by atoms with Crippen molar-refractivity contribution in [1.29, 1.82) is 0 Å². The van der Waals surface area contributed by atoms with Gasteiger partial charge < -0.3 is 19.3 Å². The van der Waals surface area contributed by atoms with Gasteiger partial charge in [-0.05, 0) is 52.4 Å². The zero-order valence-electron chi connectivity index (χ0n) is 19.5. The summed E-state index contributed by atoms with van der Waals surface area (Å²) in [6, 6.07) is 0. The molecular weight excluding hydrogens is 408 g/mol. The average molecular weight is 445 g/mol. The van der Waals surface area contributed by atoms with E-state index in [4.69, 9.17) is 19.3 Å². The Morgan fingerprint density at radius 1 is 1.06 bits per heavy atom. The minimum atomic E-state index is -0.998. The molecule has 2 rings (SSSR count). The van der Waals surface area contributed by atoms with Gasteiger partial charge in [0.15, 0.2) is 0 Å². The number of methoxy groups -OCH3 is 1. The summed E-state index contributed by atoms with van der Waals surface area (Å²) in [6.07, 6.45) is 17.4. The van der Waals surface area contributed by atoms with Gasteiger partial charge in [-0.3, -0.25) is 0 Å².